The van der Waals surface area contributed by atoms with Gasteiger partial charge >= 0.3 is 0 Å². The van der Waals surface area contributed by atoms with Gasteiger partial charge in [0.2, 0.25) is 0 Å². The molecule has 2 unspecified atom stereocenters. The van der Waals surface area contributed by atoms with Crippen LogP contribution in [0.15, 0.2) is 0 Å². The quantitative estimate of drug-likeness (QED) is 0.177. The van der Waals surface area contributed by atoms with Crippen molar-refractivity contribution in [2.45, 2.75) is 156 Å². The molecule has 0 heterocycles. The summed E-state index contributed by atoms with van der Waals surface area (Å²) in [7, 11) is 0. The lowest BCUT2D eigenvalue weighted by Crippen LogP contribution is -2.10. The first-order valence-electron chi connectivity index (χ1n) is 12.8. The van der Waals surface area contributed by atoms with Crippen molar-refractivity contribution < 1.29 is 0 Å². The molecule has 26 heavy (non-hydrogen) atoms. The minimum atomic E-state index is 1.03. The van der Waals surface area contributed by atoms with Crippen LogP contribution in [-0.2, 0) is 0 Å². The van der Waals surface area contributed by atoms with Crippen LogP contribution >= 0.6 is 0 Å². The predicted molar refractivity (Wildman–Crippen MR) is 122 cm³/mol. The number of unbranched alkanes of at least 4 members (excludes halogenated alkanes) is 11. The summed E-state index contributed by atoms with van der Waals surface area (Å²) in [5.74, 6) is 2.06. The molecule has 0 aromatic carbocycles. The fourth-order valence-electron chi connectivity index (χ4n) is 4.48. The Balaban J connectivity index is 4.30. The molecule has 0 N–H and O–H groups in total. The highest BCUT2D eigenvalue weighted by atomic mass is 14.2. The third-order valence-corrected chi connectivity index (χ3v) is 6.28. The third-order valence-electron chi connectivity index (χ3n) is 6.28. The Kier molecular flexibility index (Phi) is 21.3. The van der Waals surface area contributed by atoms with Gasteiger partial charge in [-0.2, -0.15) is 0 Å². The van der Waals surface area contributed by atoms with Gasteiger partial charge < -0.3 is 0 Å². The first kappa shape index (κ1) is 26.0. The summed E-state index contributed by atoms with van der Waals surface area (Å²) in [6.07, 6.45) is 29.2. The first-order valence-corrected chi connectivity index (χ1v) is 12.8. The molecule has 0 radical (unpaired) electrons. The maximum absolute atomic E-state index is 2.37. The Labute approximate surface area is 168 Å². The van der Waals surface area contributed by atoms with Crippen LogP contribution in [-0.4, -0.2) is 0 Å². The average Bonchev–Trinajstić information content (AvgIpc) is 2.65. The van der Waals surface area contributed by atoms with Crippen molar-refractivity contribution in [3.05, 3.63) is 0 Å². The Bertz CT molecular complexity index is 244. The number of hydrogen-bond acceptors (Lipinski definition) is 0. The molecule has 0 aliphatic carbocycles. The van der Waals surface area contributed by atoms with E-state index in [1.807, 2.05) is 0 Å². The largest absolute Gasteiger partial charge is 0.0654 e. The second kappa shape index (κ2) is 21.3. The molecule has 0 amide bonds. The molecular formula is C26H54. The summed E-state index contributed by atoms with van der Waals surface area (Å²) in [5.41, 5.74) is 0. The van der Waals surface area contributed by atoms with Crippen molar-refractivity contribution in [1.29, 1.82) is 0 Å². The van der Waals surface area contributed by atoms with Crippen LogP contribution < -0.4 is 0 Å². The van der Waals surface area contributed by atoms with E-state index in [4.69, 9.17) is 0 Å². The summed E-state index contributed by atoms with van der Waals surface area (Å²) < 4.78 is 0. The lowest BCUT2D eigenvalue weighted by Gasteiger charge is -2.24. The maximum Gasteiger partial charge on any atom is -0.0412 e. The highest BCUT2D eigenvalue weighted by Crippen LogP contribution is 2.30. The van der Waals surface area contributed by atoms with Crippen molar-refractivity contribution in [2.24, 2.45) is 11.8 Å². The van der Waals surface area contributed by atoms with Crippen molar-refractivity contribution in [1.82, 2.24) is 0 Å². The molecule has 0 aliphatic heterocycles. The van der Waals surface area contributed by atoms with E-state index < -0.39 is 0 Å². The van der Waals surface area contributed by atoms with Gasteiger partial charge in [0, 0.05) is 0 Å². The predicted octanol–water partition coefficient (Wildman–Crippen LogP) is 10.1. The molecule has 0 aromatic heterocycles. The molecule has 0 rings (SSSR count). The van der Waals surface area contributed by atoms with Crippen molar-refractivity contribution in [2.75, 3.05) is 0 Å². The van der Waals surface area contributed by atoms with Gasteiger partial charge in [-0.25, -0.2) is 0 Å². The summed E-state index contributed by atoms with van der Waals surface area (Å²) >= 11 is 0. The molecule has 0 bridgehead atoms. The first-order chi connectivity index (χ1) is 12.8. The van der Waals surface area contributed by atoms with E-state index in [2.05, 4.69) is 27.7 Å². The highest BCUT2D eigenvalue weighted by molar-refractivity contribution is 4.69. The lowest BCUT2D eigenvalue weighted by atomic mass is 9.82. The minimum absolute atomic E-state index is 1.03. The van der Waals surface area contributed by atoms with E-state index in [9.17, 15) is 0 Å². The second-order valence-corrected chi connectivity index (χ2v) is 9.01. The average molecular weight is 367 g/mol. The van der Waals surface area contributed by atoms with E-state index >= 15 is 0 Å². The Morgan fingerprint density at radius 1 is 0.346 bits per heavy atom. The van der Waals surface area contributed by atoms with Gasteiger partial charge in [-0.1, -0.05) is 150 Å². The molecule has 0 fully saturated rings. The van der Waals surface area contributed by atoms with E-state index in [-0.39, 0.29) is 0 Å². The topological polar surface area (TPSA) is 0 Å². The van der Waals surface area contributed by atoms with E-state index in [0.717, 1.165) is 11.8 Å². The summed E-state index contributed by atoms with van der Waals surface area (Å²) in [5, 5.41) is 0. The van der Waals surface area contributed by atoms with Gasteiger partial charge in [0.05, 0.1) is 0 Å². The Hall–Kier alpha value is 0. The van der Waals surface area contributed by atoms with Crippen LogP contribution in [0.2, 0.25) is 0 Å². The van der Waals surface area contributed by atoms with Gasteiger partial charge in [-0.05, 0) is 18.3 Å². The van der Waals surface area contributed by atoms with Crippen molar-refractivity contribution in [3.8, 4) is 0 Å². The molecule has 0 saturated heterocycles. The number of hydrogen-bond donors (Lipinski definition) is 0. The molecule has 0 aromatic rings. The highest BCUT2D eigenvalue weighted by Gasteiger charge is 2.16. The SMILES string of the molecule is CCCCCCCC(CCCC)CC(CCCCC)CCCCCCC. The zero-order valence-electron chi connectivity index (χ0n) is 19.3. The zero-order chi connectivity index (χ0) is 19.3. The fraction of sp³-hybridized carbons (Fsp3) is 1.00. The van der Waals surface area contributed by atoms with Gasteiger partial charge in [0.15, 0.2) is 0 Å². The zero-order valence-corrected chi connectivity index (χ0v) is 19.3. The molecule has 0 saturated carbocycles. The molecule has 0 nitrogen and oxygen atoms in total. The molecule has 2 atom stereocenters. The van der Waals surface area contributed by atoms with E-state index in [1.165, 1.54) is 122 Å². The Morgan fingerprint density at radius 3 is 1.08 bits per heavy atom. The Morgan fingerprint density at radius 2 is 0.654 bits per heavy atom. The smallest absolute Gasteiger partial charge is 0.0412 e. The van der Waals surface area contributed by atoms with Gasteiger partial charge in [0.1, 0.15) is 0 Å². The standard InChI is InChI=1S/C26H54/c1-5-9-13-15-18-22-25(20-12-8-4)24-26(21-17-11-7-3)23-19-16-14-10-6-2/h25-26H,5-24H2,1-4H3. The van der Waals surface area contributed by atoms with Crippen molar-refractivity contribution >= 4 is 0 Å². The van der Waals surface area contributed by atoms with Gasteiger partial charge in [-0.3, -0.25) is 0 Å². The summed E-state index contributed by atoms with van der Waals surface area (Å²) in [4.78, 5) is 0. The second-order valence-electron chi connectivity index (χ2n) is 9.01. The molecule has 0 heteroatoms. The molecule has 158 valence electrons. The van der Waals surface area contributed by atoms with Gasteiger partial charge in [-0.15, -0.1) is 0 Å². The number of rotatable bonds is 21. The van der Waals surface area contributed by atoms with E-state index in [1.54, 1.807) is 6.42 Å². The lowest BCUT2D eigenvalue weighted by molar-refractivity contribution is 0.284. The van der Waals surface area contributed by atoms with Crippen LogP contribution in [0.4, 0.5) is 0 Å². The van der Waals surface area contributed by atoms with Crippen molar-refractivity contribution in [3.63, 3.8) is 0 Å². The summed E-state index contributed by atoms with van der Waals surface area (Å²) in [6, 6.07) is 0. The van der Waals surface area contributed by atoms with Crippen LogP contribution in [0.1, 0.15) is 156 Å². The molecule has 0 aliphatic rings. The van der Waals surface area contributed by atoms with Crippen LogP contribution in [0.25, 0.3) is 0 Å². The fourth-order valence-corrected chi connectivity index (χ4v) is 4.48. The maximum atomic E-state index is 2.37. The monoisotopic (exact) mass is 366 g/mol. The van der Waals surface area contributed by atoms with Crippen LogP contribution in [0, 0.1) is 11.8 Å². The molecule has 0 spiro atoms. The third kappa shape index (κ3) is 17.4. The molecular weight excluding hydrogens is 312 g/mol. The minimum Gasteiger partial charge on any atom is -0.0654 e. The normalized spacial score (nSPS) is 13.8. The van der Waals surface area contributed by atoms with Gasteiger partial charge in [0.25, 0.3) is 0 Å². The summed E-state index contributed by atoms with van der Waals surface area (Å²) in [6.45, 7) is 9.36. The van der Waals surface area contributed by atoms with E-state index in [0.29, 0.717) is 0 Å². The van der Waals surface area contributed by atoms with Crippen LogP contribution in [0.3, 0.4) is 0 Å². The van der Waals surface area contributed by atoms with Crippen LogP contribution in [0.5, 0.6) is 0 Å².